The molecule has 0 aliphatic heterocycles. The van der Waals surface area contributed by atoms with Gasteiger partial charge in [-0.3, -0.25) is 0 Å². The average molecular weight is 233 g/mol. The van der Waals surface area contributed by atoms with Gasteiger partial charge in [0.25, 0.3) is 6.43 Å². The SMILES string of the molecule is Fc1nc(F)c(C(F)(F)F)cc1C(F)F. The Balaban J connectivity index is 3.37. The second kappa shape index (κ2) is 3.67. The highest BCUT2D eigenvalue weighted by Crippen LogP contribution is 2.33. The smallest absolute Gasteiger partial charge is 0.205 e. The summed E-state index contributed by atoms with van der Waals surface area (Å²) in [5.41, 5.74) is -3.59. The van der Waals surface area contributed by atoms with Crippen molar-refractivity contribution in [3.63, 3.8) is 0 Å². The Bertz CT molecular complexity index is 370. The van der Waals surface area contributed by atoms with E-state index in [0.29, 0.717) is 0 Å². The van der Waals surface area contributed by atoms with Crippen molar-refractivity contribution < 1.29 is 30.7 Å². The third-order valence-electron chi connectivity index (χ3n) is 1.50. The zero-order chi connectivity index (χ0) is 11.8. The van der Waals surface area contributed by atoms with E-state index in [1.165, 1.54) is 0 Å². The molecule has 0 saturated heterocycles. The van der Waals surface area contributed by atoms with E-state index in [0.717, 1.165) is 0 Å². The predicted molar refractivity (Wildman–Crippen MR) is 34.1 cm³/mol. The first-order valence-electron chi connectivity index (χ1n) is 3.44. The molecular formula is C7H2F7N. The fourth-order valence-corrected chi connectivity index (χ4v) is 0.837. The first kappa shape index (κ1) is 11.7. The lowest BCUT2D eigenvalue weighted by molar-refractivity contribution is -0.140. The quantitative estimate of drug-likeness (QED) is 0.535. The molecule has 0 radical (unpaired) electrons. The minimum atomic E-state index is -5.19. The number of aromatic nitrogens is 1. The number of hydrogen-bond acceptors (Lipinski definition) is 1. The summed E-state index contributed by atoms with van der Waals surface area (Å²) in [7, 11) is 0. The van der Waals surface area contributed by atoms with Crippen LogP contribution in [0.25, 0.3) is 0 Å². The van der Waals surface area contributed by atoms with Gasteiger partial charge in [0.2, 0.25) is 11.9 Å². The topological polar surface area (TPSA) is 12.9 Å². The van der Waals surface area contributed by atoms with Crippen LogP contribution < -0.4 is 0 Å². The molecule has 0 atom stereocenters. The number of rotatable bonds is 1. The maximum atomic E-state index is 12.5. The summed E-state index contributed by atoms with van der Waals surface area (Å²) in [6.07, 6.45) is -8.67. The molecule has 0 aliphatic carbocycles. The van der Waals surface area contributed by atoms with Crippen LogP contribution in [0.1, 0.15) is 17.6 Å². The van der Waals surface area contributed by atoms with E-state index >= 15 is 0 Å². The van der Waals surface area contributed by atoms with Crippen LogP contribution in [0.3, 0.4) is 0 Å². The highest BCUT2D eigenvalue weighted by molar-refractivity contribution is 5.23. The van der Waals surface area contributed by atoms with Gasteiger partial charge in [0, 0.05) is 0 Å². The van der Waals surface area contributed by atoms with Gasteiger partial charge in [-0.05, 0) is 6.07 Å². The normalized spacial score (nSPS) is 12.3. The molecule has 1 rings (SSSR count). The van der Waals surface area contributed by atoms with Gasteiger partial charge in [0.15, 0.2) is 0 Å². The van der Waals surface area contributed by atoms with Gasteiger partial charge in [0.1, 0.15) is 5.56 Å². The molecule has 0 spiro atoms. The molecular weight excluding hydrogens is 231 g/mol. The Labute approximate surface area is 78.5 Å². The predicted octanol–water partition coefficient (Wildman–Crippen LogP) is 3.32. The van der Waals surface area contributed by atoms with Crippen molar-refractivity contribution in [1.82, 2.24) is 4.98 Å². The van der Waals surface area contributed by atoms with E-state index in [9.17, 15) is 30.7 Å². The van der Waals surface area contributed by atoms with Crippen molar-refractivity contribution >= 4 is 0 Å². The lowest BCUT2D eigenvalue weighted by atomic mass is 10.2. The molecule has 1 nitrogen and oxygen atoms in total. The van der Waals surface area contributed by atoms with E-state index in [2.05, 4.69) is 4.98 Å². The van der Waals surface area contributed by atoms with Gasteiger partial charge in [-0.25, -0.2) is 8.78 Å². The van der Waals surface area contributed by atoms with Crippen molar-refractivity contribution in [1.29, 1.82) is 0 Å². The van der Waals surface area contributed by atoms with Gasteiger partial charge >= 0.3 is 6.18 Å². The molecule has 0 N–H and O–H groups in total. The minimum absolute atomic E-state index is 0.289. The van der Waals surface area contributed by atoms with Gasteiger partial charge in [-0.1, -0.05) is 0 Å². The zero-order valence-corrected chi connectivity index (χ0v) is 6.75. The molecule has 1 aromatic heterocycles. The van der Waals surface area contributed by atoms with Crippen LogP contribution in [-0.4, -0.2) is 4.98 Å². The van der Waals surface area contributed by atoms with Crippen LogP contribution in [-0.2, 0) is 6.18 Å². The Morgan fingerprint density at radius 3 is 2.00 bits per heavy atom. The van der Waals surface area contributed by atoms with E-state index in [1.807, 2.05) is 0 Å². The number of halogens is 7. The summed E-state index contributed by atoms with van der Waals surface area (Å²) in [6, 6.07) is -0.289. The molecule has 0 aliphatic rings. The fourth-order valence-electron chi connectivity index (χ4n) is 0.837. The lowest BCUT2D eigenvalue weighted by Crippen LogP contribution is -2.12. The molecule has 1 aromatic rings. The first-order chi connectivity index (χ1) is 6.73. The second-order valence-corrected chi connectivity index (χ2v) is 2.51. The van der Waals surface area contributed by atoms with Crippen LogP contribution >= 0.6 is 0 Å². The molecule has 0 bridgehead atoms. The summed E-state index contributed by atoms with van der Waals surface area (Å²) in [6.45, 7) is 0. The van der Waals surface area contributed by atoms with Gasteiger partial charge in [0.05, 0.1) is 5.56 Å². The van der Waals surface area contributed by atoms with Crippen molar-refractivity contribution in [3.05, 3.63) is 29.1 Å². The minimum Gasteiger partial charge on any atom is -0.205 e. The summed E-state index contributed by atoms with van der Waals surface area (Å²) in [4.78, 5) is 2.13. The molecule has 8 heteroatoms. The Morgan fingerprint density at radius 1 is 1.07 bits per heavy atom. The number of alkyl halides is 5. The third-order valence-corrected chi connectivity index (χ3v) is 1.50. The highest BCUT2D eigenvalue weighted by Gasteiger charge is 2.37. The van der Waals surface area contributed by atoms with Gasteiger partial charge < -0.3 is 0 Å². The third kappa shape index (κ3) is 2.37. The monoisotopic (exact) mass is 233 g/mol. The molecule has 0 unspecified atom stereocenters. The average Bonchev–Trinajstić information content (AvgIpc) is 2.00. The van der Waals surface area contributed by atoms with E-state index in [1.54, 1.807) is 0 Å². The lowest BCUT2D eigenvalue weighted by Gasteiger charge is -2.09. The Hall–Kier alpha value is -1.34. The molecule has 0 amide bonds. The van der Waals surface area contributed by atoms with Crippen LogP contribution in [0.5, 0.6) is 0 Å². The van der Waals surface area contributed by atoms with Crippen LogP contribution in [0.15, 0.2) is 6.07 Å². The Kier molecular flexibility index (Phi) is 2.87. The largest absolute Gasteiger partial charge is 0.420 e. The number of pyridine rings is 1. The second-order valence-electron chi connectivity index (χ2n) is 2.51. The first-order valence-corrected chi connectivity index (χ1v) is 3.44. The maximum Gasteiger partial charge on any atom is 0.420 e. The molecule has 0 fully saturated rings. The summed E-state index contributed by atoms with van der Waals surface area (Å²) in [5, 5.41) is 0. The summed E-state index contributed by atoms with van der Waals surface area (Å²) >= 11 is 0. The maximum absolute atomic E-state index is 12.5. The molecule has 1 heterocycles. The van der Waals surface area contributed by atoms with Crippen molar-refractivity contribution in [2.75, 3.05) is 0 Å². The van der Waals surface area contributed by atoms with Crippen LogP contribution in [0.2, 0.25) is 0 Å². The van der Waals surface area contributed by atoms with Gasteiger partial charge in [-0.15, -0.1) is 0 Å². The number of hydrogen-bond donors (Lipinski definition) is 0. The van der Waals surface area contributed by atoms with Crippen molar-refractivity contribution in [2.45, 2.75) is 12.6 Å². The highest BCUT2D eigenvalue weighted by atomic mass is 19.4. The van der Waals surface area contributed by atoms with E-state index < -0.39 is 35.6 Å². The van der Waals surface area contributed by atoms with Crippen LogP contribution in [0, 0.1) is 11.9 Å². The number of nitrogens with zero attached hydrogens (tertiary/aromatic N) is 1. The molecule has 0 aromatic carbocycles. The standard InChI is InChI=1S/C7H2F7N/c8-4(9)2-1-3(7(12,13)14)6(11)15-5(2)10/h1,4H. The van der Waals surface area contributed by atoms with Crippen LogP contribution in [0.4, 0.5) is 30.7 Å². The van der Waals surface area contributed by atoms with E-state index in [-0.39, 0.29) is 6.07 Å². The zero-order valence-electron chi connectivity index (χ0n) is 6.75. The van der Waals surface area contributed by atoms with Gasteiger partial charge in [-0.2, -0.15) is 26.9 Å². The van der Waals surface area contributed by atoms with Crippen molar-refractivity contribution in [3.8, 4) is 0 Å². The molecule has 0 saturated carbocycles. The van der Waals surface area contributed by atoms with E-state index in [4.69, 9.17) is 0 Å². The Morgan fingerprint density at radius 2 is 1.60 bits per heavy atom. The molecule has 15 heavy (non-hydrogen) atoms. The fraction of sp³-hybridized carbons (Fsp3) is 0.286. The summed E-state index contributed by atoms with van der Waals surface area (Å²) in [5.74, 6) is -4.11. The summed E-state index contributed by atoms with van der Waals surface area (Å²) < 4.78 is 84.8. The molecule has 84 valence electrons. The van der Waals surface area contributed by atoms with Crippen molar-refractivity contribution in [2.24, 2.45) is 0 Å².